The molecule has 0 aliphatic rings. The van der Waals surface area contributed by atoms with Crippen LogP contribution >= 0.6 is 0 Å². The van der Waals surface area contributed by atoms with E-state index in [0.717, 1.165) is 32.1 Å². The second kappa shape index (κ2) is 32.1. The molecule has 0 saturated heterocycles. The summed E-state index contributed by atoms with van der Waals surface area (Å²) in [7, 11) is 0. The standard InChI is InChI=1S/C38H74O5/c1-6-9-12-15-18-21-24-29-37(39)41-32-30-36(43-38(40)42-31-25-26-34(4)5)33-35(27-22-19-16-13-10-7-2)28-23-20-17-14-11-8-3/h34-36H,6-33H2,1-5H3. The number of rotatable bonds is 32. The lowest BCUT2D eigenvalue weighted by Crippen LogP contribution is -2.25. The molecule has 0 fully saturated rings. The highest BCUT2D eigenvalue weighted by molar-refractivity contribution is 5.69. The molecule has 0 radical (unpaired) electrons. The van der Waals surface area contributed by atoms with Gasteiger partial charge in [0.05, 0.1) is 13.2 Å². The number of esters is 1. The van der Waals surface area contributed by atoms with Gasteiger partial charge in [0.1, 0.15) is 6.10 Å². The fourth-order valence-electron chi connectivity index (χ4n) is 5.82. The van der Waals surface area contributed by atoms with E-state index in [0.29, 0.717) is 37.9 Å². The Morgan fingerprint density at radius 1 is 0.512 bits per heavy atom. The molecule has 0 aromatic heterocycles. The van der Waals surface area contributed by atoms with Crippen molar-refractivity contribution in [3.63, 3.8) is 0 Å². The quantitative estimate of drug-likeness (QED) is 0.0560. The zero-order valence-corrected chi connectivity index (χ0v) is 29.6. The van der Waals surface area contributed by atoms with Gasteiger partial charge in [-0.05, 0) is 37.5 Å². The van der Waals surface area contributed by atoms with Crippen molar-refractivity contribution in [1.29, 1.82) is 0 Å². The van der Waals surface area contributed by atoms with Crippen LogP contribution in [0.3, 0.4) is 0 Å². The monoisotopic (exact) mass is 611 g/mol. The molecule has 256 valence electrons. The molecule has 0 N–H and O–H groups in total. The van der Waals surface area contributed by atoms with Crippen LogP contribution in [0.1, 0.15) is 202 Å². The van der Waals surface area contributed by atoms with Gasteiger partial charge in [0.15, 0.2) is 0 Å². The normalized spacial score (nSPS) is 12.2. The Bertz CT molecular complexity index is 589. The lowest BCUT2D eigenvalue weighted by molar-refractivity contribution is -0.144. The van der Waals surface area contributed by atoms with Crippen LogP contribution in [0.5, 0.6) is 0 Å². The van der Waals surface area contributed by atoms with Crippen LogP contribution in [0.4, 0.5) is 4.79 Å². The van der Waals surface area contributed by atoms with Crippen molar-refractivity contribution in [3.05, 3.63) is 0 Å². The van der Waals surface area contributed by atoms with Gasteiger partial charge in [0, 0.05) is 12.8 Å². The first-order valence-electron chi connectivity index (χ1n) is 18.9. The van der Waals surface area contributed by atoms with Gasteiger partial charge in [0.25, 0.3) is 0 Å². The molecule has 0 bridgehead atoms. The maximum atomic E-state index is 12.6. The summed E-state index contributed by atoms with van der Waals surface area (Å²) in [5.74, 6) is 0.992. The summed E-state index contributed by atoms with van der Waals surface area (Å²) >= 11 is 0. The van der Waals surface area contributed by atoms with E-state index in [9.17, 15) is 9.59 Å². The van der Waals surface area contributed by atoms with Gasteiger partial charge in [-0.2, -0.15) is 0 Å². The van der Waals surface area contributed by atoms with Gasteiger partial charge < -0.3 is 14.2 Å². The van der Waals surface area contributed by atoms with Gasteiger partial charge >= 0.3 is 12.1 Å². The average molecular weight is 611 g/mol. The zero-order chi connectivity index (χ0) is 31.8. The number of ether oxygens (including phenoxy) is 3. The molecule has 0 aromatic rings. The molecular formula is C38H74O5. The van der Waals surface area contributed by atoms with Crippen molar-refractivity contribution in [2.24, 2.45) is 11.8 Å². The van der Waals surface area contributed by atoms with E-state index < -0.39 is 6.16 Å². The second-order valence-corrected chi connectivity index (χ2v) is 13.5. The average Bonchev–Trinajstić information content (AvgIpc) is 2.98. The predicted octanol–water partition coefficient (Wildman–Crippen LogP) is 12.5. The Hall–Kier alpha value is -1.26. The Kier molecular flexibility index (Phi) is 31.2. The maximum Gasteiger partial charge on any atom is 0.508 e. The number of unbranched alkanes of at least 4 members (excludes halogenated alkanes) is 16. The molecule has 5 nitrogen and oxygen atoms in total. The van der Waals surface area contributed by atoms with Gasteiger partial charge in [0.2, 0.25) is 0 Å². The van der Waals surface area contributed by atoms with Crippen LogP contribution in [0.2, 0.25) is 0 Å². The minimum absolute atomic E-state index is 0.126. The Labute approximate surface area is 268 Å². The van der Waals surface area contributed by atoms with E-state index in [-0.39, 0.29) is 12.1 Å². The summed E-state index contributed by atoms with van der Waals surface area (Å²) in [4.78, 5) is 25.0. The summed E-state index contributed by atoms with van der Waals surface area (Å²) in [5, 5.41) is 0. The maximum absolute atomic E-state index is 12.6. The van der Waals surface area contributed by atoms with Crippen LogP contribution in [-0.2, 0) is 19.0 Å². The molecule has 0 aromatic carbocycles. The number of hydrogen-bond acceptors (Lipinski definition) is 5. The zero-order valence-electron chi connectivity index (χ0n) is 29.6. The lowest BCUT2D eigenvalue weighted by atomic mass is 9.88. The molecule has 5 heteroatoms. The van der Waals surface area contributed by atoms with Gasteiger partial charge in [-0.1, -0.05) is 163 Å². The second-order valence-electron chi connectivity index (χ2n) is 13.5. The summed E-state index contributed by atoms with van der Waals surface area (Å²) in [6, 6.07) is 0. The van der Waals surface area contributed by atoms with Crippen molar-refractivity contribution in [2.75, 3.05) is 13.2 Å². The molecule has 1 atom stereocenters. The topological polar surface area (TPSA) is 61.8 Å². The number of carbonyl (C=O) groups is 2. The van der Waals surface area contributed by atoms with E-state index >= 15 is 0 Å². The van der Waals surface area contributed by atoms with Gasteiger partial charge in [-0.15, -0.1) is 0 Å². The first-order valence-corrected chi connectivity index (χ1v) is 18.9. The van der Waals surface area contributed by atoms with E-state index in [2.05, 4.69) is 34.6 Å². The van der Waals surface area contributed by atoms with Crippen LogP contribution in [0.25, 0.3) is 0 Å². The minimum atomic E-state index is -0.568. The first kappa shape index (κ1) is 41.7. The third-order valence-corrected chi connectivity index (χ3v) is 8.62. The Morgan fingerprint density at radius 3 is 1.51 bits per heavy atom. The SMILES string of the molecule is CCCCCCCCCC(=O)OCCC(CC(CCCCCCCC)CCCCCCCC)OC(=O)OCCCC(C)C. The third-order valence-electron chi connectivity index (χ3n) is 8.62. The summed E-state index contributed by atoms with van der Waals surface area (Å²) in [6.45, 7) is 11.8. The number of hydrogen-bond donors (Lipinski definition) is 0. The molecule has 1 unspecified atom stereocenters. The van der Waals surface area contributed by atoms with Crippen LogP contribution in [0.15, 0.2) is 0 Å². The third kappa shape index (κ3) is 30.5. The molecule has 43 heavy (non-hydrogen) atoms. The van der Waals surface area contributed by atoms with E-state index in [1.165, 1.54) is 122 Å². The largest absolute Gasteiger partial charge is 0.508 e. The Balaban J connectivity index is 4.89. The van der Waals surface area contributed by atoms with Crippen LogP contribution in [0, 0.1) is 11.8 Å². The van der Waals surface area contributed by atoms with Crippen molar-refractivity contribution >= 4 is 12.1 Å². The first-order chi connectivity index (χ1) is 20.9. The van der Waals surface area contributed by atoms with Crippen molar-refractivity contribution in [1.82, 2.24) is 0 Å². The highest BCUT2D eigenvalue weighted by Gasteiger charge is 2.22. The van der Waals surface area contributed by atoms with Crippen molar-refractivity contribution in [3.8, 4) is 0 Å². The minimum Gasteiger partial charge on any atom is -0.466 e. The smallest absolute Gasteiger partial charge is 0.466 e. The molecule has 0 aliphatic heterocycles. The number of carbonyl (C=O) groups excluding carboxylic acids is 2. The molecule has 0 aliphatic carbocycles. The summed E-state index contributed by atoms with van der Waals surface area (Å²) in [6.07, 6.45) is 29.1. The van der Waals surface area contributed by atoms with Crippen LogP contribution in [-0.4, -0.2) is 31.4 Å². The van der Waals surface area contributed by atoms with Crippen molar-refractivity contribution < 1.29 is 23.8 Å². The molecule has 0 amide bonds. The van der Waals surface area contributed by atoms with E-state index in [4.69, 9.17) is 14.2 Å². The summed E-state index contributed by atoms with van der Waals surface area (Å²) < 4.78 is 16.9. The molecule has 0 spiro atoms. The summed E-state index contributed by atoms with van der Waals surface area (Å²) in [5.41, 5.74) is 0. The van der Waals surface area contributed by atoms with E-state index in [1.54, 1.807) is 0 Å². The molecule has 0 saturated carbocycles. The molecular weight excluding hydrogens is 536 g/mol. The van der Waals surface area contributed by atoms with Crippen LogP contribution < -0.4 is 0 Å². The van der Waals surface area contributed by atoms with E-state index in [1.807, 2.05) is 0 Å². The fraction of sp³-hybridized carbons (Fsp3) is 0.947. The predicted molar refractivity (Wildman–Crippen MR) is 183 cm³/mol. The van der Waals surface area contributed by atoms with Crippen molar-refractivity contribution in [2.45, 2.75) is 208 Å². The molecule has 0 heterocycles. The fourth-order valence-corrected chi connectivity index (χ4v) is 5.82. The Morgan fingerprint density at radius 2 is 1.00 bits per heavy atom. The van der Waals surface area contributed by atoms with Gasteiger partial charge in [-0.3, -0.25) is 4.79 Å². The highest BCUT2D eigenvalue weighted by atomic mass is 16.7. The highest BCUT2D eigenvalue weighted by Crippen LogP contribution is 2.26. The van der Waals surface area contributed by atoms with Gasteiger partial charge in [-0.25, -0.2) is 4.79 Å². The molecule has 0 rings (SSSR count). The lowest BCUT2D eigenvalue weighted by Gasteiger charge is -2.24.